The van der Waals surface area contributed by atoms with Crippen LogP contribution in [0.5, 0.6) is 0 Å². The van der Waals surface area contributed by atoms with E-state index in [0.717, 1.165) is 70.6 Å². The quantitative estimate of drug-likeness (QED) is 0.716. The Balaban J connectivity index is 1.69. The van der Waals surface area contributed by atoms with E-state index >= 15 is 4.39 Å². The van der Waals surface area contributed by atoms with E-state index in [-0.39, 0.29) is 18.0 Å². The Morgan fingerprint density at radius 2 is 2.07 bits per heavy atom. The molecule has 0 amide bonds. The monoisotopic (exact) mass is 386 g/mol. The van der Waals surface area contributed by atoms with Crippen LogP contribution in [-0.4, -0.2) is 17.3 Å². The van der Waals surface area contributed by atoms with Gasteiger partial charge >= 0.3 is 0 Å². The summed E-state index contributed by atoms with van der Waals surface area (Å²) in [5, 5.41) is 3.46. The van der Waals surface area contributed by atoms with Crippen molar-refractivity contribution in [3.63, 3.8) is 0 Å². The zero-order valence-electron chi connectivity index (χ0n) is 16.7. The maximum atomic E-state index is 15.1. The van der Waals surface area contributed by atoms with E-state index in [1.807, 2.05) is 31.3 Å². The molecule has 4 heteroatoms. The molecule has 1 N–H and O–H groups in total. The minimum Gasteiger partial charge on any atom is -0.383 e. The van der Waals surface area contributed by atoms with Gasteiger partial charge in [-0.05, 0) is 73.1 Å². The van der Waals surface area contributed by atoms with Crippen LogP contribution < -0.4 is 5.32 Å². The molecule has 146 valence electrons. The first-order valence-electron chi connectivity index (χ1n) is 10.2. The van der Waals surface area contributed by atoms with Gasteiger partial charge in [-0.3, -0.25) is 9.78 Å². The highest BCUT2D eigenvalue weighted by Gasteiger charge is 2.31. The van der Waals surface area contributed by atoms with Gasteiger partial charge in [0.05, 0.1) is 11.4 Å². The van der Waals surface area contributed by atoms with Crippen molar-refractivity contribution in [2.45, 2.75) is 39.5 Å². The smallest absolute Gasteiger partial charge is 0.168 e. The SMILES string of the molecule is Cc1c(-c2cc(F)c3c(c2C)/C(=C/C2=CC=CC2)C(=O)C3)cnc2c1NCCC2. The van der Waals surface area contributed by atoms with Crippen molar-refractivity contribution in [1.82, 2.24) is 4.98 Å². The predicted molar refractivity (Wildman–Crippen MR) is 114 cm³/mol. The number of ketones is 1. The van der Waals surface area contributed by atoms with Crippen LogP contribution in [0.4, 0.5) is 10.1 Å². The Hall–Kier alpha value is -3.01. The summed E-state index contributed by atoms with van der Waals surface area (Å²) in [6.45, 7) is 4.99. The van der Waals surface area contributed by atoms with Crippen molar-refractivity contribution in [2.75, 3.05) is 11.9 Å². The molecular weight excluding hydrogens is 363 g/mol. The minimum atomic E-state index is -0.305. The van der Waals surface area contributed by atoms with E-state index in [1.165, 1.54) is 0 Å². The molecule has 3 nitrogen and oxygen atoms in total. The van der Waals surface area contributed by atoms with Gasteiger partial charge in [-0.15, -0.1) is 0 Å². The van der Waals surface area contributed by atoms with E-state index in [1.54, 1.807) is 6.07 Å². The number of aryl methyl sites for hydroxylation is 1. The fraction of sp³-hybridized carbons (Fsp3) is 0.280. The summed E-state index contributed by atoms with van der Waals surface area (Å²) in [6, 6.07) is 1.58. The molecule has 2 aliphatic carbocycles. The number of fused-ring (bicyclic) bond motifs is 2. The minimum absolute atomic E-state index is 0.00564. The second kappa shape index (κ2) is 6.80. The van der Waals surface area contributed by atoms with E-state index in [9.17, 15) is 4.79 Å². The van der Waals surface area contributed by atoms with Gasteiger partial charge in [-0.25, -0.2) is 4.39 Å². The summed E-state index contributed by atoms with van der Waals surface area (Å²) < 4.78 is 15.1. The molecule has 5 rings (SSSR count). The Kier molecular flexibility index (Phi) is 4.23. The van der Waals surface area contributed by atoms with Crippen LogP contribution in [0.2, 0.25) is 0 Å². The lowest BCUT2D eigenvalue weighted by Gasteiger charge is -2.22. The molecule has 0 fully saturated rings. The highest BCUT2D eigenvalue weighted by Crippen LogP contribution is 2.42. The molecule has 1 aromatic carbocycles. The van der Waals surface area contributed by atoms with E-state index in [4.69, 9.17) is 0 Å². The third-order valence-corrected chi connectivity index (χ3v) is 6.28. The van der Waals surface area contributed by atoms with Crippen LogP contribution in [0.1, 0.15) is 40.8 Å². The number of nitrogens with one attached hydrogen (secondary N) is 1. The number of carbonyl (C=O) groups excluding carboxylic acids is 1. The number of halogens is 1. The zero-order valence-corrected chi connectivity index (χ0v) is 16.7. The molecule has 29 heavy (non-hydrogen) atoms. The second-order valence-corrected chi connectivity index (χ2v) is 8.07. The van der Waals surface area contributed by atoms with Crippen LogP contribution in [0.15, 0.2) is 42.1 Å². The Morgan fingerprint density at radius 3 is 2.86 bits per heavy atom. The van der Waals surface area contributed by atoms with Crippen molar-refractivity contribution < 1.29 is 9.18 Å². The number of aromatic nitrogens is 1. The zero-order chi connectivity index (χ0) is 20.1. The van der Waals surface area contributed by atoms with Gasteiger partial charge in [0.25, 0.3) is 0 Å². The number of anilines is 1. The van der Waals surface area contributed by atoms with E-state index in [2.05, 4.69) is 23.3 Å². The maximum Gasteiger partial charge on any atom is 0.168 e. The number of benzene rings is 1. The molecule has 1 aromatic heterocycles. The van der Waals surface area contributed by atoms with Gasteiger partial charge in [0.1, 0.15) is 5.82 Å². The Bertz CT molecular complexity index is 1150. The van der Waals surface area contributed by atoms with Gasteiger partial charge in [-0.1, -0.05) is 18.2 Å². The average Bonchev–Trinajstić information content (AvgIpc) is 3.35. The summed E-state index contributed by atoms with van der Waals surface area (Å²) in [5.41, 5.74) is 8.95. The molecule has 2 heterocycles. The van der Waals surface area contributed by atoms with Crippen molar-refractivity contribution in [3.8, 4) is 11.1 Å². The van der Waals surface area contributed by atoms with Crippen LogP contribution in [0.25, 0.3) is 16.7 Å². The number of Topliss-reactive ketones (excluding diaryl/α,β-unsaturated/α-hetero) is 1. The fourth-order valence-electron chi connectivity index (χ4n) is 4.74. The van der Waals surface area contributed by atoms with Crippen molar-refractivity contribution in [1.29, 1.82) is 0 Å². The normalized spacial score (nSPS) is 18.7. The van der Waals surface area contributed by atoms with Crippen molar-refractivity contribution in [2.24, 2.45) is 0 Å². The van der Waals surface area contributed by atoms with Crippen molar-refractivity contribution in [3.05, 3.63) is 75.9 Å². The fourth-order valence-corrected chi connectivity index (χ4v) is 4.74. The molecule has 0 saturated heterocycles. The number of rotatable bonds is 2. The van der Waals surface area contributed by atoms with E-state index in [0.29, 0.717) is 11.1 Å². The molecular formula is C25H23FN2O. The summed E-state index contributed by atoms with van der Waals surface area (Å²) >= 11 is 0. The third-order valence-electron chi connectivity index (χ3n) is 6.28. The number of nitrogens with zero attached hydrogens (tertiary/aromatic N) is 1. The highest BCUT2D eigenvalue weighted by molar-refractivity contribution is 6.26. The summed E-state index contributed by atoms with van der Waals surface area (Å²) in [6.07, 6.45) is 12.8. The average molecular weight is 386 g/mol. The number of hydrogen-bond donors (Lipinski definition) is 1. The largest absolute Gasteiger partial charge is 0.383 e. The van der Waals surface area contributed by atoms with Crippen LogP contribution in [0.3, 0.4) is 0 Å². The molecule has 0 radical (unpaired) electrons. The number of pyridine rings is 1. The second-order valence-electron chi connectivity index (χ2n) is 8.07. The lowest BCUT2D eigenvalue weighted by atomic mass is 9.89. The summed E-state index contributed by atoms with van der Waals surface area (Å²) in [7, 11) is 0. The first kappa shape index (κ1) is 18.0. The molecule has 0 bridgehead atoms. The third kappa shape index (κ3) is 2.86. The lowest BCUT2D eigenvalue weighted by Crippen LogP contribution is -2.15. The topological polar surface area (TPSA) is 42.0 Å². The van der Waals surface area contributed by atoms with Crippen LogP contribution in [-0.2, 0) is 17.6 Å². The molecule has 2 aromatic rings. The predicted octanol–water partition coefficient (Wildman–Crippen LogP) is 5.26. The lowest BCUT2D eigenvalue weighted by molar-refractivity contribution is -0.112. The molecule has 0 saturated carbocycles. The molecule has 0 spiro atoms. The van der Waals surface area contributed by atoms with Gasteiger partial charge in [0, 0.05) is 35.9 Å². The molecule has 0 unspecified atom stereocenters. The number of allylic oxidation sites excluding steroid dienone is 6. The Morgan fingerprint density at radius 1 is 1.21 bits per heavy atom. The standard InChI is InChI=1S/C25H23FN2O/c1-14-17(20-13-28-22-8-5-9-27-25(22)15(20)2)11-21(26)18-12-23(29)19(24(14)18)10-16-6-3-4-7-16/h3-4,6,10-11,13,27H,5,7-9,12H2,1-2H3/b19-10+. The maximum absolute atomic E-state index is 15.1. The van der Waals surface area contributed by atoms with Gasteiger partial charge < -0.3 is 5.32 Å². The molecule has 3 aliphatic rings. The summed E-state index contributed by atoms with van der Waals surface area (Å²) in [4.78, 5) is 17.4. The van der Waals surface area contributed by atoms with Gasteiger partial charge in [0.2, 0.25) is 0 Å². The van der Waals surface area contributed by atoms with E-state index < -0.39 is 0 Å². The van der Waals surface area contributed by atoms with Crippen LogP contribution in [0, 0.1) is 19.7 Å². The number of carbonyl (C=O) groups is 1. The highest BCUT2D eigenvalue weighted by atomic mass is 19.1. The van der Waals surface area contributed by atoms with Crippen molar-refractivity contribution >= 4 is 17.0 Å². The van der Waals surface area contributed by atoms with Gasteiger partial charge in [-0.2, -0.15) is 0 Å². The van der Waals surface area contributed by atoms with Crippen LogP contribution >= 0.6 is 0 Å². The first-order chi connectivity index (χ1) is 14.0. The molecule has 0 atom stereocenters. The summed E-state index contributed by atoms with van der Waals surface area (Å²) in [5.74, 6) is -0.310. The Labute approximate surface area is 170 Å². The first-order valence-corrected chi connectivity index (χ1v) is 10.2. The molecule has 1 aliphatic heterocycles. The van der Waals surface area contributed by atoms with Gasteiger partial charge in [0.15, 0.2) is 5.78 Å². The number of hydrogen-bond acceptors (Lipinski definition) is 3.